The highest BCUT2D eigenvalue weighted by Gasteiger charge is 2.24. The van der Waals surface area contributed by atoms with Crippen molar-refractivity contribution in [1.82, 2.24) is 0 Å². The highest BCUT2D eigenvalue weighted by molar-refractivity contribution is 5.64. The molecule has 3 rings (SSSR count). The van der Waals surface area contributed by atoms with E-state index in [9.17, 15) is 40.7 Å². The Hall–Kier alpha value is -4.61. The van der Waals surface area contributed by atoms with Gasteiger partial charge in [0, 0.05) is 12.1 Å². The van der Waals surface area contributed by atoms with Crippen molar-refractivity contribution in [2.45, 2.75) is 6.42 Å². The molecule has 1 heterocycles. The highest BCUT2D eigenvalue weighted by atomic mass is 16.6. The van der Waals surface area contributed by atoms with E-state index in [1.165, 1.54) is 6.20 Å². The van der Waals surface area contributed by atoms with Crippen molar-refractivity contribution in [3.8, 4) is 5.75 Å². The van der Waals surface area contributed by atoms with Gasteiger partial charge in [-0.2, -0.15) is 4.73 Å². The van der Waals surface area contributed by atoms with Gasteiger partial charge in [-0.05, 0) is 5.56 Å². The molecular formula is C18H13N4O8-. The van der Waals surface area contributed by atoms with Crippen LogP contribution in [0.3, 0.4) is 0 Å². The minimum Gasteiger partial charge on any atom is -0.863 e. The number of rotatable bonds is 5. The first-order valence-corrected chi connectivity index (χ1v) is 8.20. The Kier molecular flexibility index (Phi) is 6.90. The first-order chi connectivity index (χ1) is 14.2. The minimum absolute atomic E-state index is 0.384. The zero-order valence-electron chi connectivity index (χ0n) is 15.1. The summed E-state index contributed by atoms with van der Waals surface area (Å²) in [5.41, 5.74) is -1.33. The predicted molar refractivity (Wildman–Crippen MR) is 101 cm³/mol. The van der Waals surface area contributed by atoms with Gasteiger partial charge in [0.05, 0.1) is 39.1 Å². The van der Waals surface area contributed by atoms with Crippen molar-refractivity contribution in [2.24, 2.45) is 0 Å². The lowest BCUT2D eigenvalue weighted by atomic mass is 10.1. The Balaban J connectivity index is 0.000000215. The zero-order chi connectivity index (χ0) is 22.3. The molecule has 0 radical (unpaired) electrons. The second-order valence-electron chi connectivity index (χ2n) is 5.76. The number of hydrogen-bond acceptors (Lipinski definition) is 8. The van der Waals surface area contributed by atoms with Gasteiger partial charge in [0.2, 0.25) is 0 Å². The fourth-order valence-electron chi connectivity index (χ4n) is 2.37. The third-order valence-corrected chi connectivity index (χ3v) is 3.77. The van der Waals surface area contributed by atoms with Crippen molar-refractivity contribution in [3.05, 3.63) is 114 Å². The summed E-state index contributed by atoms with van der Waals surface area (Å²) in [4.78, 5) is 27.5. The molecule has 30 heavy (non-hydrogen) atoms. The smallest absolute Gasteiger partial charge is 0.283 e. The molecule has 1 aromatic heterocycles. The molecule has 0 aliphatic rings. The maximum Gasteiger partial charge on any atom is 0.283 e. The standard InChI is InChI=1S/C12H11NO.C6H3N3O7/c14-13-9-5-4-8-12(13)10-11-6-2-1-3-7-11;10-6-4(8(13)14)1-3(7(11)12)2-5(6)9(15)16/h1-9H,10H2;1-2,10H/p-1. The van der Waals surface area contributed by atoms with Gasteiger partial charge in [-0.15, -0.1) is 0 Å². The van der Waals surface area contributed by atoms with Gasteiger partial charge in [-0.1, -0.05) is 36.4 Å². The number of aromatic nitrogens is 1. The summed E-state index contributed by atoms with van der Waals surface area (Å²) in [5.74, 6) is -1.46. The maximum atomic E-state index is 11.3. The third kappa shape index (κ3) is 5.45. The second kappa shape index (κ2) is 9.54. The molecule has 0 atom stereocenters. The lowest BCUT2D eigenvalue weighted by Gasteiger charge is -2.06. The molecule has 12 nitrogen and oxygen atoms in total. The maximum absolute atomic E-state index is 11.3. The van der Waals surface area contributed by atoms with Crippen LogP contribution in [0.2, 0.25) is 0 Å². The molecule has 12 heteroatoms. The van der Waals surface area contributed by atoms with Crippen LogP contribution in [0.25, 0.3) is 0 Å². The first-order valence-electron chi connectivity index (χ1n) is 8.20. The Morgan fingerprint density at radius 1 is 0.767 bits per heavy atom. The van der Waals surface area contributed by atoms with Crippen LogP contribution < -0.4 is 9.84 Å². The molecule has 0 amide bonds. The first kappa shape index (κ1) is 21.7. The molecule has 0 unspecified atom stereocenters. The molecule has 0 fully saturated rings. The Morgan fingerprint density at radius 3 is 1.77 bits per heavy atom. The van der Waals surface area contributed by atoms with Crippen molar-refractivity contribution in [3.63, 3.8) is 0 Å². The Bertz CT molecular complexity index is 1050. The number of benzene rings is 2. The van der Waals surface area contributed by atoms with Crippen molar-refractivity contribution < 1.29 is 24.6 Å². The predicted octanol–water partition coefficient (Wildman–Crippen LogP) is 2.40. The average molecular weight is 413 g/mol. The molecule has 154 valence electrons. The monoisotopic (exact) mass is 413 g/mol. The highest BCUT2D eigenvalue weighted by Crippen LogP contribution is 2.36. The molecule has 2 aromatic carbocycles. The molecule has 0 spiro atoms. The second-order valence-corrected chi connectivity index (χ2v) is 5.76. The summed E-state index contributed by atoms with van der Waals surface area (Å²) < 4.78 is 0.910. The molecule has 0 aliphatic heterocycles. The van der Waals surface area contributed by atoms with Gasteiger partial charge in [0.25, 0.3) is 17.1 Å². The van der Waals surface area contributed by atoms with Gasteiger partial charge in [-0.3, -0.25) is 30.3 Å². The summed E-state index contributed by atoms with van der Waals surface area (Å²) >= 11 is 0. The van der Waals surface area contributed by atoms with E-state index in [0.29, 0.717) is 18.6 Å². The van der Waals surface area contributed by atoms with Crippen LogP contribution in [-0.2, 0) is 6.42 Å². The minimum atomic E-state index is -1.46. The van der Waals surface area contributed by atoms with E-state index in [1.54, 1.807) is 6.07 Å². The number of nitro groups is 3. The van der Waals surface area contributed by atoms with E-state index in [4.69, 9.17) is 0 Å². The van der Waals surface area contributed by atoms with Crippen LogP contribution >= 0.6 is 0 Å². The molecule has 3 aromatic rings. The normalized spacial score (nSPS) is 9.87. The van der Waals surface area contributed by atoms with Crippen LogP contribution in [0, 0.1) is 35.6 Å². The van der Waals surface area contributed by atoms with Gasteiger partial charge in [-0.25, -0.2) is 0 Å². The molecule has 0 N–H and O–H groups in total. The number of nitrogens with zero attached hydrogens (tertiary/aromatic N) is 4. The van der Waals surface area contributed by atoms with Crippen molar-refractivity contribution in [1.29, 1.82) is 0 Å². The van der Waals surface area contributed by atoms with Gasteiger partial charge in [0.1, 0.15) is 0 Å². The number of hydrogen-bond donors (Lipinski definition) is 0. The number of nitro benzene ring substituents is 3. The van der Waals surface area contributed by atoms with Crippen LogP contribution in [-0.4, -0.2) is 14.8 Å². The van der Waals surface area contributed by atoms with E-state index < -0.39 is 37.6 Å². The van der Waals surface area contributed by atoms with Crippen LogP contribution in [0.4, 0.5) is 17.1 Å². The van der Waals surface area contributed by atoms with E-state index in [2.05, 4.69) is 0 Å². The van der Waals surface area contributed by atoms with Crippen LogP contribution in [0.15, 0.2) is 66.9 Å². The molecule has 0 aliphatic carbocycles. The molecule has 0 saturated heterocycles. The number of pyridine rings is 1. The Morgan fingerprint density at radius 2 is 1.30 bits per heavy atom. The van der Waals surface area contributed by atoms with Gasteiger partial charge >= 0.3 is 0 Å². The van der Waals surface area contributed by atoms with E-state index in [-0.39, 0.29) is 0 Å². The summed E-state index contributed by atoms with van der Waals surface area (Å²) in [6, 6.07) is 16.2. The SMILES string of the molecule is O=[N+]([O-])c1cc([N+](=O)[O-])c([O-])c([N+](=O)[O-])c1.[O-][n+]1ccccc1Cc1ccccc1. The fraction of sp³-hybridized carbons (Fsp3) is 0.0556. The summed E-state index contributed by atoms with van der Waals surface area (Å²) in [7, 11) is 0. The lowest BCUT2D eigenvalue weighted by Crippen LogP contribution is -2.30. The fourth-order valence-corrected chi connectivity index (χ4v) is 2.37. The molecule has 0 bridgehead atoms. The van der Waals surface area contributed by atoms with E-state index in [0.717, 1.165) is 16.0 Å². The Labute approximate surface area is 168 Å². The largest absolute Gasteiger partial charge is 0.863 e. The number of non-ortho nitro benzene ring substituents is 1. The molecule has 0 saturated carbocycles. The lowest BCUT2D eigenvalue weighted by molar-refractivity contribution is -0.613. The summed E-state index contributed by atoms with van der Waals surface area (Å²) in [6.07, 6.45) is 2.21. The van der Waals surface area contributed by atoms with Gasteiger partial charge in [0.15, 0.2) is 11.9 Å². The van der Waals surface area contributed by atoms with Gasteiger partial charge < -0.3 is 10.3 Å². The summed E-state index contributed by atoms with van der Waals surface area (Å²) in [5, 5.41) is 53.4. The van der Waals surface area contributed by atoms with Crippen molar-refractivity contribution in [2.75, 3.05) is 0 Å². The molecular weight excluding hydrogens is 400 g/mol. The van der Waals surface area contributed by atoms with Crippen LogP contribution in [0.5, 0.6) is 5.75 Å². The van der Waals surface area contributed by atoms with E-state index in [1.807, 2.05) is 42.5 Å². The summed E-state index contributed by atoms with van der Waals surface area (Å²) in [6.45, 7) is 0. The van der Waals surface area contributed by atoms with E-state index >= 15 is 0 Å². The quantitative estimate of drug-likeness (QED) is 0.264. The third-order valence-electron chi connectivity index (χ3n) is 3.77. The average Bonchev–Trinajstić information content (AvgIpc) is 2.70. The topological polar surface area (TPSA) is 179 Å². The van der Waals surface area contributed by atoms with Crippen molar-refractivity contribution >= 4 is 17.1 Å². The zero-order valence-corrected chi connectivity index (χ0v) is 15.1. The van der Waals surface area contributed by atoms with Crippen LogP contribution in [0.1, 0.15) is 11.3 Å².